The van der Waals surface area contributed by atoms with Gasteiger partial charge in [-0.15, -0.1) is 11.3 Å². The minimum atomic E-state index is -0.000578. The molecule has 0 bridgehead atoms. The van der Waals surface area contributed by atoms with Gasteiger partial charge in [0.25, 0.3) is 5.91 Å². The molecule has 1 atom stereocenters. The second kappa shape index (κ2) is 5.70. The fourth-order valence-electron chi connectivity index (χ4n) is 2.54. The Labute approximate surface area is 131 Å². The van der Waals surface area contributed by atoms with Gasteiger partial charge in [-0.3, -0.25) is 4.79 Å². The third-order valence-electron chi connectivity index (χ3n) is 3.66. The van der Waals surface area contributed by atoms with Gasteiger partial charge >= 0.3 is 0 Å². The predicted octanol–water partition coefficient (Wildman–Crippen LogP) is 4.89. The molecule has 2 aromatic rings. The molecule has 1 amide bonds. The molecule has 1 aromatic carbocycles. The van der Waals surface area contributed by atoms with Crippen molar-refractivity contribution in [1.29, 1.82) is 0 Å². The molecule has 1 aliphatic carbocycles. The first-order valence-corrected chi connectivity index (χ1v) is 8.41. The van der Waals surface area contributed by atoms with Crippen LogP contribution in [0.2, 0.25) is 0 Å². The van der Waals surface area contributed by atoms with E-state index in [1.807, 2.05) is 24.3 Å². The van der Waals surface area contributed by atoms with Crippen LogP contribution < -0.4 is 5.32 Å². The molecule has 4 heteroatoms. The van der Waals surface area contributed by atoms with Gasteiger partial charge in [0.05, 0.1) is 4.88 Å². The number of hydrogen-bond donors (Lipinski definition) is 1. The van der Waals surface area contributed by atoms with Crippen LogP contribution in [0, 0.1) is 5.92 Å². The number of thiophene rings is 1. The van der Waals surface area contributed by atoms with E-state index in [9.17, 15) is 4.79 Å². The Bertz CT molecular complexity index is 632. The van der Waals surface area contributed by atoms with Gasteiger partial charge in [0.1, 0.15) is 0 Å². The Kier molecular flexibility index (Phi) is 3.94. The third kappa shape index (κ3) is 2.96. The van der Waals surface area contributed by atoms with E-state index in [1.165, 1.54) is 16.9 Å². The van der Waals surface area contributed by atoms with E-state index < -0.39 is 0 Å². The minimum absolute atomic E-state index is 0.000578. The summed E-state index contributed by atoms with van der Waals surface area (Å²) in [5.74, 6) is 0.735. The quantitative estimate of drug-likeness (QED) is 0.821. The van der Waals surface area contributed by atoms with Crippen molar-refractivity contribution in [2.24, 2.45) is 5.92 Å². The molecular weight excluding hydrogens is 334 g/mol. The van der Waals surface area contributed by atoms with Crippen LogP contribution in [-0.4, -0.2) is 5.91 Å². The van der Waals surface area contributed by atoms with Gasteiger partial charge in [-0.25, -0.2) is 0 Å². The molecule has 0 unspecified atom stereocenters. The first-order chi connectivity index (χ1) is 9.61. The van der Waals surface area contributed by atoms with E-state index >= 15 is 0 Å². The van der Waals surface area contributed by atoms with E-state index in [0.717, 1.165) is 33.8 Å². The Balaban J connectivity index is 1.76. The lowest BCUT2D eigenvalue weighted by Gasteiger charge is -2.16. The van der Waals surface area contributed by atoms with Crippen molar-refractivity contribution in [3.63, 3.8) is 0 Å². The highest BCUT2D eigenvalue weighted by atomic mass is 79.9. The zero-order valence-electron chi connectivity index (χ0n) is 11.3. The van der Waals surface area contributed by atoms with Gasteiger partial charge in [-0.1, -0.05) is 22.9 Å². The van der Waals surface area contributed by atoms with E-state index in [0.29, 0.717) is 0 Å². The topological polar surface area (TPSA) is 29.1 Å². The van der Waals surface area contributed by atoms with Gasteiger partial charge in [-0.2, -0.15) is 0 Å². The second-order valence-electron chi connectivity index (χ2n) is 5.37. The molecule has 0 fully saturated rings. The molecule has 104 valence electrons. The summed E-state index contributed by atoms with van der Waals surface area (Å²) >= 11 is 5.04. The fraction of sp³-hybridized carbons (Fsp3) is 0.312. The largest absolute Gasteiger partial charge is 0.321 e. The number of amides is 1. The Morgan fingerprint density at radius 2 is 2.10 bits per heavy atom. The SMILES string of the molecule is C[C@@H]1CCc2sc(C(=O)Nc3ccc(Br)cc3)cc2C1. The number of carbonyl (C=O) groups excluding carboxylic acids is 1. The molecule has 1 N–H and O–H groups in total. The van der Waals surface area contributed by atoms with Crippen LogP contribution >= 0.6 is 27.3 Å². The summed E-state index contributed by atoms with van der Waals surface area (Å²) in [6.45, 7) is 2.28. The maximum absolute atomic E-state index is 12.3. The summed E-state index contributed by atoms with van der Waals surface area (Å²) in [6, 6.07) is 9.73. The van der Waals surface area contributed by atoms with Crippen LogP contribution in [0.4, 0.5) is 5.69 Å². The molecule has 0 aliphatic heterocycles. The molecule has 0 saturated heterocycles. The highest BCUT2D eigenvalue weighted by Crippen LogP contribution is 2.32. The number of aryl methyl sites for hydroxylation is 1. The average Bonchev–Trinajstić information content (AvgIpc) is 2.84. The average molecular weight is 350 g/mol. The lowest BCUT2D eigenvalue weighted by atomic mass is 9.90. The number of carbonyl (C=O) groups is 1. The van der Waals surface area contributed by atoms with Gasteiger partial charge in [-0.05, 0) is 61.1 Å². The Morgan fingerprint density at radius 3 is 2.85 bits per heavy atom. The third-order valence-corrected chi connectivity index (χ3v) is 5.42. The van der Waals surface area contributed by atoms with Crippen LogP contribution in [0.15, 0.2) is 34.8 Å². The number of anilines is 1. The maximum atomic E-state index is 12.3. The highest BCUT2D eigenvalue weighted by molar-refractivity contribution is 9.10. The van der Waals surface area contributed by atoms with Crippen LogP contribution in [-0.2, 0) is 12.8 Å². The Morgan fingerprint density at radius 1 is 1.35 bits per heavy atom. The molecule has 0 spiro atoms. The van der Waals surface area contributed by atoms with Crippen molar-refractivity contribution < 1.29 is 4.79 Å². The first-order valence-electron chi connectivity index (χ1n) is 6.80. The molecule has 0 radical (unpaired) electrons. The van der Waals surface area contributed by atoms with Gasteiger partial charge in [0.15, 0.2) is 0 Å². The number of hydrogen-bond acceptors (Lipinski definition) is 2. The zero-order chi connectivity index (χ0) is 14.1. The van der Waals surface area contributed by atoms with Gasteiger partial charge in [0.2, 0.25) is 0 Å². The summed E-state index contributed by atoms with van der Waals surface area (Å²) in [5.41, 5.74) is 2.20. The highest BCUT2D eigenvalue weighted by Gasteiger charge is 2.20. The predicted molar refractivity (Wildman–Crippen MR) is 87.6 cm³/mol. The summed E-state index contributed by atoms with van der Waals surface area (Å²) in [7, 11) is 0. The molecule has 1 aromatic heterocycles. The first kappa shape index (κ1) is 13.8. The molecular formula is C16H16BrNOS. The van der Waals surface area contributed by atoms with E-state index in [2.05, 4.69) is 34.2 Å². The Hall–Kier alpha value is -1.13. The van der Waals surface area contributed by atoms with Crippen LogP contribution in [0.1, 0.15) is 33.5 Å². The molecule has 3 rings (SSSR count). The van der Waals surface area contributed by atoms with E-state index in [1.54, 1.807) is 11.3 Å². The van der Waals surface area contributed by atoms with Crippen LogP contribution in [0.5, 0.6) is 0 Å². The van der Waals surface area contributed by atoms with Crippen molar-refractivity contribution in [2.45, 2.75) is 26.2 Å². The molecule has 20 heavy (non-hydrogen) atoms. The molecule has 0 saturated carbocycles. The lowest BCUT2D eigenvalue weighted by Crippen LogP contribution is -2.10. The van der Waals surface area contributed by atoms with E-state index in [4.69, 9.17) is 0 Å². The number of benzene rings is 1. The fourth-order valence-corrected chi connectivity index (χ4v) is 3.91. The second-order valence-corrected chi connectivity index (χ2v) is 7.42. The van der Waals surface area contributed by atoms with Crippen LogP contribution in [0.3, 0.4) is 0 Å². The zero-order valence-corrected chi connectivity index (χ0v) is 13.7. The van der Waals surface area contributed by atoms with E-state index in [-0.39, 0.29) is 5.91 Å². The summed E-state index contributed by atoms with van der Waals surface area (Å²) in [6.07, 6.45) is 3.46. The minimum Gasteiger partial charge on any atom is -0.321 e. The summed E-state index contributed by atoms with van der Waals surface area (Å²) in [5, 5.41) is 2.96. The molecule has 2 nitrogen and oxygen atoms in total. The number of fused-ring (bicyclic) bond motifs is 1. The van der Waals surface area contributed by atoms with Crippen molar-refractivity contribution in [2.75, 3.05) is 5.32 Å². The normalized spacial score (nSPS) is 17.6. The van der Waals surface area contributed by atoms with Crippen molar-refractivity contribution >= 4 is 38.9 Å². The van der Waals surface area contributed by atoms with Crippen molar-refractivity contribution in [3.8, 4) is 0 Å². The van der Waals surface area contributed by atoms with Crippen molar-refractivity contribution in [3.05, 3.63) is 50.1 Å². The number of nitrogens with one attached hydrogen (secondary N) is 1. The smallest absolute Gasteiger partial charge is 0.265 e. The van der Waals surface area contributed by atoms with Gasteiger partial charge < -0.3 is 5.32 Å². The monoisotopic (exact) mass is 349 g/mol. The number of halogens is 1. The van der Waals surface area contributed by atoms with Gasteiger partial charge in [0, 0.05) is 15.0 Å². The molecule has 1 aliphatic rings. The summed E-state index contributed by atoms with van der Waals surface area (Å²) in [4.78, 5) is 14.5. The maximum Gasteiger partial charge on any atom is 0.265 e. The summed E-state index contributed by atoms with van der Waals surface area (Å²) < 4.78 is 1.01. The van der Waals surface area contributed by atoms with Crippen LogP contribution in [0.25, 0.3) is 0 Å². The van der Waals surface area contributed by atoms with Crippen molar-refractivity contribution in [1.82, 2.24) is 0 Å². The molecule has 1 heterocycles. The number of rotatable bonds is 2. The lowest BCUT2D eigenvalue weighted by molar-refractivity contribution is 0.103. The standard InChI is InChI=1S/C16H16BrNOS/c1-10-2-7-14-11(8-10)9-15(20-14)16(19)18-13-5-3-12(17)4-6-13/h3-6,9-10H,2,7-8H2,1H3,(H,18,19)/t10-/m1/s1.